The summed E-state index contributed by atoms with van der Waals surface area (Å²) in [4.78, 5) is 16.5. The minimum atomic E-state index is 0.244. The average molecular weight is 494 g/mol. The van der Waals surface area contributed by atoms with Gasteiger partial charge in [-0.3, -0.25) is 4.79 Å². The van der Waals surface area contributed by atoms with Crippen molar-refractivity contribution >= 4 is 21.8 Å². The monoisotopic (exact) mass is 492 g/mol. The number of hydrogen-bond acceptors (Lipinski definition) is 3. The molecule has 31 heavy (non-hydrogen) atoms. The molecule has 1 aromatic rings. The van der Waals surface area contributed by atoms with Gasteiger partial charge in [0.25, 0.3) is 0 Å². The van der Waals surface area contributed by atoms with Crippen molar-refractivity contribution < 1.29 is 9.53 Å². The molecular weight excluding hydrogens is 452 g/mol. The third kappa shape index (κ3) is 7.21. The zero-order valence-electron chi connectivity index (χ0n) is 19.7. The molecule has 174 valence electrons. The van der Waals surface area contributed by atoms with Gasteiger partial charge in [-0.15, -0.1) is 0 Å². The summed E-state index contributed by atoms with van der Waals surface area (Å²) in [6.07, 6.45) is 11.4. The molecule has 1 aromatic carbocycles. The Morgan fingerprint density at radius 1 is 1.13 bits per heavy atom. The van der Waals surface area contributed by atoms with E-state index in [9.17, 15) is 4.79 Å². The lowest BCUT2D eigenvalue weighted by molar-refractivity contribution is -0.131. The number of amides is 1. The highest BCUT2D eigenvalue weighted by Gasteiger charge is 2.26. The summed E-state index contributed by atoms with van der Waals surface area (Å²) >= 11 is 3.71. The Balaban J connectivity index is 1.32. The first-order valence-corrected chi connectivity index (χ1v) is 13.1. The second-order valence-electron chi connectivity index (χ2n) is 9.57. The molecule has 5 heteroatoms. The van der Waals surface area contributed by atoms with Crippen LogP contribution in [-0.2, 0) is 11.2 Å². The Labute approximate surface area is 197 Å². The number of halogens is 1. The number of methoxy groups -OCH3 is 1. The number of benzene rings is 1. The van der Waals surface area contributed by atoms with E-state index in [-0.39, 0.29) is 5.91 Å². The van der Waals surface area contributed by atoms with Gasteiger partial charge >= 0.3 is 0 Å². The SMILES string of the molecule is CCN(C(C)=O)C1CCC(CCCN2CCC(Cc3cc(OC)ccc3Br)CC2)CC1. The number of piperidine rings is 1. The number of rotatable bonds is 9. The molecule has 3 rings (SSSR count). The third-order valence-electron chi connectivity index (χ3n) is 7.56. The maximum Gasteiger partial charge on any atom is 0.219 e. The fourth-order valence-electron chi connectivity index (χ4n) is 5.65. The van der Waals surface area contributed by atoms with Crippen LogP contribution in [0.15, 0.2) is 22.7 Å². The van der Waals surface area contributed by atoms with Gasteiger partial charge in [0, 0.05) is 24.0 Å². The molecule has 0 aromatic heterocycles. The van der Waals surface area contributed by atoms with Crippen molar-refractivity contribution in [2.45, 2.75) is 77.7 Å². The minimum Gasteiger partial charge on any atom is -0.497 e. The van der Waals surface area contributed by atoms with Crippen LogP contribution in [0.25, 0.3) is 0 Å². The van der Waals surface area contributed by atoms with Crippen LogP contribution < -0.4 is 4.74 Å². The van der Waals surface area contributed by atoms with Crippen molar-refractivity contribution in [3.63, 3.8) is 0 Å². The van der Waals surface area contributed by atoms with E-state index >= 15 is 0 Å². The van der Waals surface area contributed by atoms with Crippen molar-refractivity contribution in [1.82, 2.24) is 9.80 Å². The van der Waals surface area contributed by atoms with E-state index < -0.39 is 0 Å². The Morgan fingerprint density at radius 3 is 2.45 bits per heavy atom. The number of hydrogen-bond donors (Lipinski definition) is 0. The largest absolute Gasteiger partial charge is 0.497 e. The quantitative estimate of drug-likeness (QED) is 0.428. The van der Waals surface area contributed by atoms with Crippen LogP contribution in [0.5, 0.6) is 5.75 Å². The fourth-order valence-corrected chi connectivity index (χ4v) is 6.05. The minimum absolute atomic E-state index is 0.244. The molecule has 1 aliphatic carbocycles. The summed E-state index contributed by atoms with van der Waals surface area (Å²) in [5.74, 6) is 2.84. The Hall–Kier alpha value is -1.07. The average Bonchev–Trinajstić information content (AvgIpc) is 2.78. The summed E-state index contributed by atoms with van der Waals surface area (Å²) in [5.41, 5.74) is 1.37. The standard InChI is InChI=1S/C26H41BrN2O2/c1-4-29(20(2)30)24-9-7-21(8-10-24)6-5-15-28-16-13-22(14-17-28)18-23-19-25(31-3)11-12-26(23)27/h11-12,19,21-22,24H,4-10,13-18H2,1-3H3. The van der Waals surface area contributed by atoms with Gasteiger partial charge in [-0.2, -0.15) is 0 Å². The van der Waals surface area contributed by atoms with Gasteiger partial charge in [0.1, 0.15) is 5.75 Å². The van der Waals surface area contributed by atoms with Gasteiger partial charge < -0.3 is 14.5 Å². The van der Waals surface area contributed by atoms with Crippen LogP contribution >= 0.6 is 15.9 Å². The molecule has 2 aliphatic rings. The number of likely N-dealkylation sites (tertiary alicyclic amines) is 1. The van der Waals surface area contributed by atoms with Gasteiger partial charge in [-0.1, -0.05) is 15.9 Å². The highest BCUT2D eigenvalue weighted by Crippen LogP contribution is 2.32. The van der Waals surface area contributed by atoms with Gasteiger partial charge in [-0.05, 0) is 120 Å². The smallest absolute Gasteiger partial charge is 0.219 e. The molecule has 1 heterocycles. The predicted octanol–water partition coefficient (Wildman–Crippen LogP) is 5.92. The van der Waals surface area contributed by atoms with Crippen LogP contribution in [0, 0.1) is 11.8 Å². The Morgan fingerprint density at radius 2 is 1.84 bits per heavy atom. The van der Waals surface area contributed by atoms with Crippen LogP contribution in [0.4, 0.5) is 0 Å². The maximum absolute atomic E-state index is 11.8. The van der Waals surface area contributed by atoms with E-state index in [1.807, 2.05) is 6.07 Å². The summed E-state index contributed by atoms with van der Waals surface area (Å²) in [5, 5.41) is 0. The van der Waals surface area contributed by atoms with Crippen LogP contribution in [0.1, 0.15) is 70.8 Å². The molecule has 0 atom stereocenters. The molecule has 1 amide bonds. The summed E-state index contributed by atoms with van der Waals surface area (Å²) in [7, 11) is 1.74. The Kier molecular flexibility index (Phi) is 9.71. The second-order valence-corrected chi connectivity index (χ2v) is 10.4. The van der Waals surface area contributed by atoms with Crippen LogP contribution in [0.3, 0.4) is 0 Å². The molecule has 0 spiro atoms. The van der Waals surface area contributed by atoms with Crippen LogP contribution in [-0.4, -0.2) is 55.0 Å². The van der Waals surface area contributed by atoms with Crippen molar-refractivity contribution in [2.75, 3.05) is 33.3 Å². The Bertz CT molecular complexity index is 695. The number of nitrogens with zero attached hydrogens (tertiary/aromatic N) is 2. The third-order valence-corrected chi connectivity index (χ3v) is 8.33. The lowest BCUT2D eigenvalue weighted by atomic mass is 9.82. The van der Waals surface area contributed by atoms with Gasteiger partial charge in [-0.25, -0.2) is 0 Å². The normalized spacial score (nSPS) is 23.0. The number of carbonyl (C=O) groups is 1. The van der Waals surface area contributed by atoms with Crippen molar-refractivity contribution in [2.24, 2.45) is 11.8 Å². The van der Waals surface area contributed by atoms with E-state index in [0.717, 1.165) is 30.6 Å². The molecule has 1 saturated carbocycles. The zero-order chi connectivity index (χ0) is 22.2. The number of carbonyl (C=O) groups excluding carboxylic acids is 1. The van der Waals surface area contributed by atoms with Gasteiger partial charge in [0.15, 0.2) is 0 Å². The van der Waals surface area contributed by atoms with Gasteiger partial charge in [0.2, 0.25) is 5.91 Å². The van der Waals surface area contributed by atoms with E-state index in [1.54, 1.807) is 14.0 Å². The molecule has 0 bridgehead atoms. The topological polar surface area (TPSA) is 32.8 Å². The van der Waals surface area contributed by atoms with Crippen LogP contribution in [0.2, 0.25) is 0 Å². The van der Waals surface area contributed by atoms with Crippen molar-refractivity contribution in [1.29, 1.82) is 0 Å². The van der Waals surface area contributed by atoms with E-state index in [4.69, 9.17) is 4.74 Å². The first-order valence-electron chi connectivity index (χ1n) is 12.3. The van der Waals surface area contributed by atoms with Gasteiger partial charge in [0.05, 0.1) is 7.11 Å². The van der Waals surface area contributed by atoms with E-state index in [1.165, 1.54) is 81.0 Å². The summed E-state index contributed by atoms with van der Waals surface area (Å²) < 4.78 is 6.60. The van der Waals surface area contributed by atoms with E-state index in [0.29, 0.717) is 6.04 Å². The molecule has 0 unspecified atom stereocenters. The maximum atomic E-state index is 11.8. The lowest BCUT2D eigenvalue weighted by Gasteiger charge is -2.36. The van der Waals surface area contributed by atoms with Crippen molar-refractivity contribution in [3.8, 4) is 5.75 Å². The summed E-state index contributed by atoms with van der Waals surface area (Å²) in [6, 6.07) is 6.80. The fraction of sp³-hybridized carbons (Fsp3) is 0.731. The lowest BCUT2D eigenvalue weighted by Crippen LogP contribution is -2.41. The predicted molar refractivity (Wildman–Crippen MR) is 132 cm³/mol. The highest BCUT2D eigenvalue weighted by molar-refractivity contribution is 9.10. The molecule has 1 saturated heterocycles. The first-order chi connectivity index (χ1) is 15.0. The second kappa shape index (κ2) is 12.2. The van der Waals surface area contributed by atoms with E-state index in [2.05, 4.69) is 44.8 Å². The van der Waals surface area contributed by atoms with Crippen molar-refractivity contribution in [3.05, 3.63) is 28.2 Å². The molecule has 1 aliphatic heterocycles. The first kappa shape index (κ1) is 24.6. The molecule has 0 radical (unpaired) electrons. The molecule has 2 fully saturated rings. The number of ether oxygens (including phenoxy) is 1. The summed E-state index contributed by atoms with van der Waals surface area (Å²) in [6.45, 7) is 8.41. The molecule has 0 N–H and O–H groups in total. The zero-order valence-corrected chi connectivity index (χ0v) is 21.3. The molecule has 4 nitrogen and oxygen atoms in total. The highest BCUT2D eigenvalue weighted by atomic mass is 79.9. The molecular formula is C26H41BrN2O2.